The van der Waals surface area contributed by atoms with Crippen LogP contribution in [0.4, 0.5) is 10.5 Å². The van der Waals surface area contributed by atoms with Crippen molar-refractivity contribution in [3.8, 4) is 11.5 Å². The number of thioether (sulfide) groups is 1. The van der Waals surface area contributed by atoms with Crippen molar-refractivity contribution in [3.05, 3.63) is 68.1 Å². The number of fused-ring (bicyclic) bond motifs is 2. The summed E-state index contributed by atoms with van der Waals surface area (Å²) in [6.07, 6.45) is 0. The third-order valence-electron chi connectivity index (χ3n) is 6.55. The molecule has 39 heavy (non-hydrogen) atoms. The fourth-order valence-electron chi connectivity index (χ4n) is 4.81. The number of phenols is 1. The van der Waals surface area contributed by atoms with Crippen molar-refractivity contribution < 1.29 is 29.0 Å². The number of ether oxygens (including phenoxy) is 1. The van der Waals surface area contributed by atoms with Gasteiger partial charge in [0.15, 0.2) is 11.5 Å². The van der Waals surface area contributed by atoms with Gasteiger partial charge >= 0.3 is 10.9 Å². The predicted octanol–water partition coefficient (Wildman–Crippen LogP) is 2.63. The molecular formula is C26H24N4O7S2. The predicted molar refractivity (Wildman–Crippen MR) is 144 cm³/mol. The number of benzene rings is 2. The zero-order valence-electron chi connectivity index (χ0n) is 20.9. The number of likely N-dealkylation sites (tertiary alicyclic amines) is 1. The van der Waals surface area contributed by atoms with Gasteiger partial charge in [-0.2, -0.15) is 4.90 Å². The average Bonchev–Trinajstić information content (AvgIpc) is 3.33. The highest BCUT2D eigenvalue weighted by molar-refractivity contribution is 8.00. The summed E-state index contributed by atoms with van der Waals surface area (Å²) in [7, 11) is 0. The van der Waals surface area contributed by atoms with Crippen molar-refractivity contribution in [2.75, 3.05) is 11.9 Å². The maximum absolute atomic E-state index is 13.3. The second-order valence-corrected chi connectivity index (χ2v) is 11.2. The van der Waals surface area contributed by atoms with Gasteiger partial charge in [0.2, 0.25) is 11.8 Å². The van der Waals surface area contributed by atoms with E-state index >= 15 is 0 Å². The van der Waals surface area contributed by atoms with Crippen LogP contribution in [0.3, 0.4) is 0 Å². The molecule has 5 rings (SSSR count). The Morgan fingerprint density at radius 2 is 1.82 bits per heavy atom. The maximum Gasteiger partial charge on any atom is 0.328 e. The molecule has 0 radical (unpaired) electrons. The van der Waals surface area contributed by atoms with E-state index in [2.05, 4.69) is 5.32 Å². The molecule has 3 aromatic rings. The van der Waals surface area contributed by atoms with Crippen molar-refractivity contribution in [2.45, 2.75) is 36.6 Å². The van der Waals surface area contributed by atoms with Crippen LogP contribution in [-0.4, -0.2) is 50.2 Å². The Morgan fingerprint density at radius 3 is 2.49 bits per heavy atom. The number of aryl methyl sites for hydroxylation is 1. The molecule has 4 N–H and O–H groups in total. The van der Waals surface area contributed by atoms with Gasteiger partial charge in [-0.3, -0.25) is 23.7 Å². The highest BCUT2D eigenvalue weighted by Crippen LogP contribution is 2.53. The molecule has 2 unspecified atom stereocenters. The Hall–Kier alpha value is -4.10. The number of nitrogens with one attached hydrogen (secondary N) is 1. The zero-order valence-corrected chi connectivity index (χ0v) is 22.5. The van der Waals surface area contributed by atoms with Gasteiger partial charge in [0.1, 0.15) is 11.8 Å². The largest absolute Gasteiger partial charge is 0.504 e. The summed E-state index contributed by atoms with van der Waals surface area (Å²) < 4.78 is 6.78. The second kappa shape index (κ2) is 10.2. The van der Waals surface area contributed by atoms with E-state index in [1.807, 2.05) is 19.1 Å². The van der Waals surface area contributed by atoms with Gasteiger partial charge in [-0.25, -0.2) is 4.79 Å². The quantitative estimate of drug-likeness (QED) is 0.383. The minimum atomic E-state index is -1.18. The number of thiazole rings is 1. The molecule has 3 atom stereocenters. The maximum atomic E-state index is 13.3. The third-order valence-corrected chi connectivity index (χ3v) is 9.15. The first kappa shape index (κ1) is 26.5. The van der Waals surface area contributed by atoms with E-state index in [0.717, 1.165) is 28.7 Å². The lowest BCUT2D eigenvalue weighted by Gasteiger charge is -2.31. The first-order chi connectivity index (χ1) is 18.6. The number of nitrogens with two attached hydrogens (primary N) is 1. The number of aromatic nitrogens is 1. The summed E-state index contributed by atoms with van der Waals surface area (Å²) in [6.45, 7) is 3.61. The molecule has 1 fully saturated rings. The number of hydrogen-bond acceptors (Lipinski definition) is 9. The molecule has 1 aromatic heterocycles. The molecule has 0 aliphatic carbocycles. The number of primary amides is 1. The molecule has 2 aliphatic heterocycles. The third kappa shape index (κ3) is 4.68. The molecular weight excluding hydrogens is 544 g/mol. The van der Waals surface area contributed by atoms with Gasteiger partial charge in [-0.1, -0.05) is 46.9 Å². The minimum Gasteiger partial charge on any atom is -0.504 e. The van der Waals surface area contributed by atoms with Crippen molar-refractivity contribution in [3.63, 3.8) is 0 Å². The van der Waals surface area contributed by atoms with Crippen LogP contribution < -0.4 is 20.7 Å². The summed E-state index contributed by atoms with van der Waals surface area (Å²) in [4.78, 5) is 65.0. The van der Waals surface area contributed by atoms with Gasteiger partial charge in [0.05, 0.1) is 17.6 Å². The van der Waals surface area contributed by atoms with Crippen molar-refractivity contribution in [1.29, 1.82) is 0 Å². The number of anilines is 1. The number of carbonyl (C=O) groups is 4. The van der Waals surface area contributed by atoms with Crippen LogP contribution in [0.1, 0.15) is 28.8 Å². The standard InChI is InChI=1S/C26H24N4O7S2/c1-3-37-16-10-13(6-9-15(16)31)18-19-20(23(34)30(22(19)33)25(27)35)38-24-21(18)39-26(36)29(24)11-17(32)28-14-7-4-12(2)5-8-14/h4-10,18-20,31H,3,11H2,1-2H3,(H2,27,35)(H,28,32)/t18-,19?,20?/m0/s1. The molecule has 0 spiro atoms. The first-order valence-electron chi connectivity index (χ1n) is 12.0. The Balaban J connectivity index is 1.58. The van der Waals surface area contributed by atoms with E-state index in [-0.39, 0.29) is 24.7 Å². The Kier molecular flexibility index (Phi) is 6.95. The normalized spacial score (nSPS) is 19.9. The molecule has 1 saturated heterocycles. The van der Waals surface area contributed by atoms with E-state index in [1.165, 1.54) is 10.6 Å². The van der Waals surface area contributed by atoms with E-state index in [0.29, 0.717) is 26.1 Å². The second-order valence-electron chi connectivity index (χ2n) is 9.09. The molecule has 0 saturated carbocycles. The molecule has 0 bridgehead atoms. The molecule has 202 valence electrons. The van der Waals surface area contributed by atoms with Crippen LogP contribution in [-0.2, 0) is 20.9 Å². The number of carbonyl (C=O) groups excluding carboxylic acids is 4. The van der Waals surface area contributed by atoms with Crippen LogP contribution in [0.2, 0.25) is 0 Å². The van der Waals surface area contributed by atoms with Crippen LogP contribution >= 0.6 is 23.1 Å². The number of urea groups is 1. The van der Waals surface area contributed by atoms with Gasteiger partial charge in [-0.05, 0) is 43.7 Å². The average molecular weight is 569 g/mol. The smallest absolute Gasteiger partial charge is 0.328 e. The Labute approximate surface area is 230 Å². The van der Waals surface area contributed by atoms with Crippen molar-refractivity contribution in [2.24, 2.45) is 11.7 Å². The van der Waals surface area contributed by atoms with Crippen LogP contribution in [0.25, 0.3) is 0 Å². The minimum absolute atomic E-state index is 0.117. The summed E-state index contributed by atoms with van der Waals surface area (Å²) in [6, 6.07) is 10.5. The lowest BCUT2D eigenvalue weighted by Crippen LogP contribution is -2.41. The number of nitrogens with zero attached hydrogens (tertiary/aromatic N) is 2. The van der Waals surface area contributed by atoms with Gasteiger partial charge in [0.25, 0.3) is 5.91 Å². The zero-order chi connectivity index (χ0) is 28.0. The first-order valence-corrected chi connectivity index (χ1v) is 13.7. The van der Waals surface area contributed by atoms with E-state index in [1.54, 1.807) is 31.2 Å². The highest BCUT2D eigenvalue weighted by Gasteiger charge is 2.58. The van der Waals surface area contributed by atoms with E-state index in [4.69, 9.17) is 10.5 Å². The SMILES string of the molecule is CCOc1cc([C@@H]2c3sc(=O)n(CC(=O)Nc4ccc(C)cc4)c3SC3C(=O)N(C(N)=O)C(=O)C32)ccc1O. The Bertz CT molecular complexity index is 1560. The molecule has 5 amide bonds. The van der Waals surface area contributed by atoms with Crippen molar-refractivity contribution in [1.82, 2.24) is 9.47 Å². The topological polar surface area (TPSA) is 161 Å². The number of rotatable bonds is 6. The number of aromatic hydroxyl groups is 1. The summed E-state index contributed by atoms with van der Waals surface area (Å²) in [5.41, 5.74) is 7.45. The summed E-state index contributed by atoms with van der Waals surface area (Å²) >= 11 is 1.83. The number of imide groups is 3. The summed E-state index contributed by atoms with van der Waals surface area (Å²) in [5, 5.41) is 12.3. The number of hydrogen-bond donors (Lipinski definition) is 3. The van der Waals surface area contributed by atoms with Crippen molar-refractivity contribution >= 4 is 52.5 Å². The van der Waals surface area contributed by atoms with Gasteiger partial charge in [-0.15, -0.1) is 0 Å². The lowest BCUT2D eigenvalue weighted by molar-refractivity contribution is -0.135. The van der Waals surface area contributed by atoms with E-state index in [9.17, 15) is 29.1 Å². The fourth-order valence-corrected chi connectivity index (χ4v) is 7.58. The van der Waals surface area contributed by atoms with Crippen LogP contribution in [0.15, 0.2) is 52.3 Å². The Morgan fingerprint density at radius 1 is 1.10 bits per heavy atom. The lowest BCUT2D eigenvalue weighted by atomic mass is 9.83. The van der Waals surface area contributed by atoms with E-state index < -0.39 is 45.7 Å². The monoisotopic (exact) mass is 568 g/mol. The van der Waals surface area contributed by atoms with Gasteiger partial charge < -0.3 is 20.9 Å². The summed E-state index contributed by atoms with van der Waals surface area (Å²) in [5.74, 6) is -3.81. The highest BCUT2D eigenvalue weighted by atomic mass is 32.2. The van der Waals surface area contributed by atoms with Crippen LogP contribution in [0, 0.1) is 12.8 Å². The molecule has 11 nitrogen and oxygen atoms in total. The molecule has 3 heterocycles. The molecule has 2 aromatic carbocycles. The van der Waals surface area contributed by atoms with Gasteiger partial charge in [0, 0.05) is 16.5 Å². The molecule has 2 aliphatic rings. The number of phenolic OH excluding ortho intramolecular Hbond substituents is 1. The number of amides is 5. The van der Waals surface area contributed by atoms with Crippen LogP contribution in [0.5, 0.6) is 11.5 Å². The fraction of sp³-hybridized carbons (Fsp3) is 0.269. The molecule has 13 heteroatoms.